The molecule has 0 unspecified atom stereocenters. The highest BCUT2D eigenvalue weighted by molar-refractivity contribution is 6.01. The number of fused-ring (bicyclic) bond motifs is 1. The summed E-state index contributed by atoms with van der Waals surface area (Å²) in [6.45, 7) is 0. The zero-order valence-corrected chi connectivity index (χ0v) is 17.8. The van der Waals surface area contributed by atoms with Crippen LogP contribution in [0.5, 0.6) is 0 Å². The molecule has 0 saturated heterocycles. The number of nitrogens with one attached hydrogen (secondary N) is 2. The van der Waals surface area contributed by atoms with Crippen LogP contribution >= 0.6 is 0 Å². The number of benzene rings is 2. The number of ketones is 1. The second kappa shape index (κ2) is 7.91. The number of carbonyl (C=O) groups is 1. The molecule has 2 aromatic carbocycles. The molecule has 31 heavy (non-hydrogen) atoms. The second-order valence-corrected chi connectivity index (χ2v) is 8.44. The topological polar surface area (TPSA) is 57.3 Å². The normalized spacial score (nSPS) is 20.1. The van der Waals surface area contributed by atoms with Crippen LogP contribution in [-0.2, 0) is 4.79 Å². The highest BCUT2D eigenvalue weighted by Gasteiger charge is 2.36. The van der Waals surface area contributed by atoms with Crippen molar-refractivity contribution in [3.05, 3.63) is 95.5 Å². The van der Waals surface area contributed by atoms with Crippen LogP contribution in [0.3, 0.4) is 0 Å². The average molecular weight is 411 g/mol. The SMILES string of the molecule is CN(C)c1ccc([C@H]2CC(=O)C3=C(C2)Nc2ccccc2N[C@@H]3c2cccnc2)cc1. The molecule has 3 aromatic rings. The lowest BCUT2D eigenvalue weighted by molar-refractivity contribution is -0.116. The third kappa shape index (κ3) is 3.67. The maximum atomic E-state index is 13.5. The van der Waals surface area contributed by atoms with E-state index in [0.717, 1.165) is 40.3 Å². The fraction of sp³-hybridized carbons (Fsp3) is 0.231. The van der Waals surface area contributed by atoms with Crippen LogP contribution in [-0.4, -0.2) is 24.9 Å². The zero-order valence-electron chi connectivity index (χ0n) is 17.8. The number of anilines is 3. The van der Waals surface area contributed by atoms with E-state index in [1.165, 1.54) is 5.56 Å². The number of pyridine rings is 1. The van der Waals surface area contributed by atoms with Gasteiger partial charge in [0.2, 0.25) is 0 Å². The molecule has 2 N–H and O–H groups in total. The van der Waals surface area contributed by atoms with E-state index in [2.05, 4.69) is 50.8 Å². The summed E-state index contributed by atoms with van der Waals surface area (Å²) >= 11 is 0. The van der Waals surface area contributed by atoms with Crippen molar-refractivity contribution in [2.45, 2.75) is 24.8 Å². The molecular formula is C26H26N4O. The maximum Gasteiger partial charge on any atom is 0.163 e. The Morgan fingerprint density at radius 3 is 2.39 bits per heavy atom. The van der Waals surface area contributed by atoms with E-state index >= 15 is 0 Å². The number of hydrogen-bond donors (Lipinski definition) is 2. The van der Waals surface area contributed by atoms with E-state index in [-0.39, 0.29) is 17.7 Å². The lowest BCUT2D eigenvalue weighted by atomic mass is 9.78. The maximum absolute atomic E-state index is 13.5. The standard InChI is InChI=1S/C26H26N4O/c1-30(2)20-11-9-17(10-12-20)19-14-23-25(24(31)15-19)26(18-6-5-13-27-16-18)29-22-8-4-3-7-21(22)28-23/h3-13,16,19,26,28-29H,14-15H2,1-2H3/t19-,26-/m1/s1. The Labute approximate surface area is 182 Å². The summed E-state index contributed by atoms with van der Waals surface area (Å²) in [4.78, 5) is 19.9. The van der Waals surface area contributed by atoms with Gasteiger partial charge in [0.1, 0.15) is 0 Å². The molecular weight excluding hydrogens is 384 g/mol. The van der Waals surface area contributed by atoms with Gasteiger partial charge in [-0.2, -0.15) is 0 Å². The largest absolute Gasteiger partial charge is 0.378 e. The molecule has 2 atom stereocenters. The fourth-order valence-corrected chi connectivity index (χ4v) is 4.57. The number of rotatable bonds is 3. The summed E-state index contributed by atoms with van der Waals surface area (Å²) in [5.41, 5.74) is 7.18. The van der Waals surface area contributed by atoms with E-state index < -0.39 is 0 Å². The summed E-state index contributed by atoms with van der Waals surface area (Å²) in [7, 11) is 4.07. The molecule has 1 aliphatic carbocycles. The van der Waals surface area contributed by atoms with Crippen molar-refractivity contribution >= 4 is 22.8 Å². The molecule has 0 fully saturated rings. The number of aromatic nitrogens is 1. The molecule has 1 aliphatic heterocycles. The lowest BCUT2D eigenvalue weighted by Crippen LogP contribution is -2.27. The van der Waals surface area contributed by atoms with Crippen molar-refractivity contribution in [2.24, 2.45) is 0 Å². The van der Waals surface area contributed by atoms with E-state index in [1.54, 1.807) is 6.20 Å². The van der Waals surface area contributed by atoms with Gasteiger partial charge >= 0.3 is 0 Å². The van der Waals surface area contributed by atoms with Gasteiger partial charge in [0.05, 0.1) is 17.4 Å². The molecule has 0 radical (unpaired) electrons. The Morgan fingerprint density at radius 1 is 0.903 bits per heavy atom. The number of Topliss-reactive ketones (excluding diaryl/α,β-unsaturated/α-hetero) is 1. The van der Waals surface area contributed by atoms with Gasteiger partial charge in [-0.3, -0.25) is 9.78 Å². The smallest absolute Gasteiger partial charge is 0.163 e. The van der Waals surface area contributed by atoms with Crippen LogP contribution in [0.2, 0.25) is 0 Å². The average Bonchev–Trinajstić information content (AvgIpc) is 2.96. The minimum absolute atomic E-state index is 0.162. The third-order valence-corrected chi connectivity index (χ3v) is 6.21. The molecule has 2 heterocycles. The van der Waals surface area contributed by atoms with Crippen molar-refractivity contribution < 1.29 is 4.79 Å². The Bertz CT molecular complexity index is 1140. The van der Waals surface area contributed by atoms with Gasteiger partial charge in [-0.25, -0.2) is 0 Å². The van der Waals surface area contributed by atoms with Gasteiger partial charge in [0.25, 0.3) is 0 Å². The van der Waals surface area contributed by atoms with Crippen LogP contribution in [0.1, 0.15) is 35.9 Å². The fourth-order valence-electron chi connectivity index (χ4n) is 4.57. The van der Waals surface area contributed by atoms with Crippen LogP contribution in [0, 0.1) is 0 Å². The van der Waals surface area contributed by atoms with Crippen LogP contribution in [0.25, 0.3) is 0 Å². The van der Waals surface area contributed by atoms with Gasteiger partial charge in [-0.15, -0.1) is 0 Å². The highest BCUT2D eigenvalue weighted by atomic mass is 16.1. The van der Waals surface area contributed by atoms with Gasteiger partial charge in [0.15, 0.2) is 5.78 Å². The molecule has 1 aromatic heterocycles. The number of para-hydroxylation sites is 2. The first-order valence-corrected chi connectivity index (χ1v) is 10.7. The van der Waals surface area contributed by atoms with Crippen LogP contribution in [0.4, 0.5) is 17.1 Å². The summed E-state index contributed by atoms with van der Waals surface area (Å²) < 4.78 is 0. The minimum atomic E-state index is -0.218. The van der Waals surface area contributed by atoms with Crippen molar-refractivity contribution in [2.75, 3.05) is 29.6 Å². The Morgan fingerprint density at radius 2 is 1.68 bits per heavy atom. The van der Waals surface area contributed by atoms with E-state index in [9.17, 15) is 4.79 Å². The van der Waals surface area contributed by atoms with Crippen molar-refractivity contribution in [3.8, 4) is 0 Å². The lowest BCUT2D eigenvalue weighted by Gasteiger charge is -2.30. The number of carbonyl (C=O) groups excluding carboxylic acids is 1. The van der Waals surface area contributed by atoms with E-state index in [0.29, 0.717) is 6.42 Å². The molecule has 0 saturated carbocycles. The molecule has 5 rings (SSSR count). The monoisotopic (exact) mass is 410 g/mol. The molecule has 156 valence electrons. The minimum Gasteiger partial charge on any atom is -0.378 e. The van der Waals surface area contributed by atoms with Crippen LogP contribution in [0.15, 0.2) is 84.3 Å². The molecule has 0 bridgehead atoms. The quantitative estimate of drug-likeness (QED) is 0.627. The molecule has 0 spiro atoms. The first-order chi connectivity index (χ1) is 15.1. The Hall–Kier alpha value is -3.60. The number of hydrogen-bond acceptors (Lipinski definition) is 5. The second-order valence-electron chi connectivity index (χ2n) is 8.44. The third-order valence-electron chi connectivity index (χ3n) is 6.21. The molecule has 2 aliphatic rings. The predicted molar refractivity (Wildman–Crippen MR) is 125 cm³/mol. The Kier molecular flexibility index (Phi) is 4.94. The van der Waals surface area contributed by atoms with Gasteiger partial charge in [0, 0.05) is 49.9 Å². The highest BCUT2D eigenvalue weighted by Crippen LogP contribution is 2.44. The van der Waals surface area contributed by atoms with Crippen molar-refractivity contribution in [1.29, 1.82) is 0 Å². The van der Waals surface area contributed by atoms with Crippen LogP contribution < -0.4 is 15.5 Å². The number of allylic oxidation sites excluding steroid dienone is 1. The number of nitrogens with zero attached hydrogens (tertiary/aromatic N) is 2. The van der Waals surface area contributed by atoms with Crippen molar-refractivity contribution in [1.82, 2.24) is 4.98 Å². The summed E-state index contributed by atoms with van der Waals surface area (Å²) in [5.74, 6) is 0.347. The zero-order chi connectivity index (χ0) is 21.4. The molecule has 0 amide bonds. The van der Waals surface area contributed by atoms with E-state index in [4.69, 9.17) is 0 Å². The van der Waals surface area contributed by atoms with Gasteiger partial charge < -0.3 is 15.5 Å². The van der Waals surface area contributed by atoms with Gasteiger partial charge in [-0.1, -0.05) is 30.3 Å². The first-order valence-electron chi connectivity index (χ1n) is 10.7. The first kappa shape index (κ1) is 19.4. The summed E-state index contributed by atoms with van der Waals surface area (Å²) in [6.07, 6.45) is 4.92. The molecule has 5 heteroatoms. The predicted octanol–water partition coefficient (Wildman–Crippen LogP) is 5.13. The van der Waals surface area contributed by atoms with E-state index in [1.807, 2.05) is 50.6 Å². The van der Waals surface area contributed by atoms with Crippen molar-refractivity contribution in [3.63, 3.8) is 0 Å². The molecule has 5 nitrogen and oxygen atoms in total. The summed E-state index contributed by atoms with van der Waals surface area (Å²) in [6, 6.07) is 20.4. The Balaban J connectivity index is 1.55. The van der Waals surface area contributed by atoms with Gasteiger partial charge in [-0.05, 0) is 53.8 Å². The summed E-state index contributed by atoms with van der Waals surface area (Å²) in [5, 5.41) is 7.18.